The van der Waals surface area contributed by atoms with Gasteiger partial charge in [-0.3, -0.25) is 9.78 Å². The van der Waals surface area contributed by atoms with Crippen LogP contribution in [0.4, 0.5) is 0 Å². The fraction of sp³-hybridized carbons (Fsp3) is 0.286. The number of ether oxygens (including phenoxy) is 2. The summed E-state index contributed by atoms with van der Waals surface area (Å²) >= 11 is 0. The Balaban J connectivity index is 2.64. The Bertz CT molecular complexity index is 593. The lowest BCUT2D eigenvalue weighted by Crippen LogP contribution is -2.00. The molecule has 18 heavy (non-hydrogen) atoms. The van der Waals surface area contributed by atoms with E-state index in [0.29, 0.717) is 17.9 Å². The van der Waals surface area contributed by atoms with Crippen LogP contribution in [0.2, 0.25) is 0 Å². The Morgan fingerprint density at radius 2 is 1.89 bits per heavy atom. The molecular formula is C14H15NO3. The number of ketones is 1. The minimum absolute atomic E-state index is 0.0878. The minimum Gasteiger partial charge on any atom is -0.493 e. The van der Waals surface area contributed by atoms with Gasteiger partial charge in [0.1, 0.15) is 5.78 Å². The highest BCUT2D eigenvalue weighted by atomic mass is 16.5. The standard InChI is InChI=1S/C14H15NO3/c1-9(16)6-12-11-8-14(18-3)13(17-2)7-10(11)4-5-15-12/h4-5,7-8H,6H2,1-3H3. The molecule has 94 valence electrons. The van der Waals surface area contributed by atoms with Crippen LogP contribution in [0.3, 0.4) is 0 Å². The van der Waals surface area contributed by atoms with E-state index in [-0.39, 0.29) is 5.78 Å². The van der Waals surface area contributed by atoms with Crippen molar-refractivity contribution in [1.29, 1.82) is 0 Å². The third-order valence-electron chi connectivity index (χ3n) is 2.77. The van der Waals surface area contributed by atoms with Gasteiger partial charge in [-0.2, -0.15) is 0 Å². The summed E-state index contributed by atoms with van der Waals surface area (Å²) in [6, 6.07) is 5.64. The van der Waals surface area contributed by atoms with Crippen molar-refractivity contribution < 1.29 is 14.3 Å². The smallest absolute Gasteiger partial charge is 0.161 e. The zero-order valence-electron chi connectivity index (χ0n) is 10.7. The van der Waals surface area contributed by atoms with Crippen molar-refractivity contribution >= 4 is 16.6 Å². The monoisotopic (exact) mass is 245 g/mol. The lowest BCUT2D eigenvalue weighted by atomic mass is 10.1. The quantitative estimate of drug-likeness (QED) is 0.829. The fourth-order valence-corrected chi connectivity index (χ4v) is 1.94. The first-order chi connectivity index (χ1) is 8.65. The van der Waals surface area contributed by atoms with E-state index in [0.717, 1.165) is 16.5 Å². The first-order valence-electron chi connectivity index (χ1n) is 5.64. The fourth-order valence-electron chi connectivity index (χ4n) is 1.94. The lowest BCUT2D eigenvalue weighted by molar-refractivity contribution is -0.116. The molecule has 2 rings (SSSR count). The van der Waals surface area contributed by atoms with Crippen molar-refractivity contribution in [1.82, 2.24) is 4.98 Å². The molecule has 0 spiro atoms. The van der Waals surface area contributed by atoms with Crippen LogP contribution in [-0.2, 0) is 11.2 Å². The van der Waals surface area contributed by atoms with E-state index in [9.17, 15) is 4.79 Å². The van der Waals surface area contributed by atoms with Crippen LogP contribution in [-0.4, -0.2) is 25.0 Å². The van der Waals surface area contributed by atoms with Gasteiger partial charge in [0.25, 0.3) is 0 Å². The van der Waals surface area contributed by atoms with Crippen molar-refractivity contribution in [3.05, 3.63) is 30.1 Å². The van der Waals surface area contributed by atoms with E-state index >= 15 is 0 Å². The number of aromatic nitrogens is 1. The molecule has 0 radical (unpaired) electrons. The molecule has 0 atom stereocenters. The highest BCUT2D eigenvalue weighted by molar-refractivity contribution is 5.91. The predicted octanol–water partition coefficient (Wildman–Crippen LogP) is 2.38. The lowest BCUT2D eigenvalue weighted by Gasteiger charge is -2.10. The highest BCUT2D eigenvalue weighted by Crippen LogP contribution is 2.33. The average Bonchev–Trinajstić information content (AvgIpc) is 2.37. The van der Waals surface area contributed by atoms with Gasteiger partial charge in [0.2, 0.25) is 0 Å². The van der Waals surface area contributed by atoms with Crippen LogP contribution in [0, 0.1) is 0 Å². The van der Waals surface area contributed by atoms with Crippen LogP contribution in [0.25, 0.3) is 10.8 Å². The number of pyridine rings is 1. The van der Waals surface area contributed by atoms with E-state index in [1.807, 2.05) is 18.2 Å². The van der Waals surface area contributed by atoms with Crippen LogP contribution in [0.1, 0.15) is 12.6 Å². The number of nitrogens with zero attached hydrogens (tertiary/aromatic N) is 1. The van der Waals surface area contributed by atoms with Gasteiger partial charge in [-0.25, -0.2) is 0 Å². The number of rotatable bonds is 4. The molecule has 0 aliphatic heterocycles. The number of methoxy groups -OCH3 is 2. The maximum atomic E-state index is 11.2. The van der Waals surface area contributed by atoms with Crippen LogP contribution in [0.5, 0.6) is 11.5 Å². The van der Waals surface area contributed by atoms with E-state index < -0.39 is 0 Å². The number of Topliss-reactive ketones (excluding diaryl/α,β-unsaturated/α-hetero) is 1. The predicted molar refractivity (Wildman–Crippen MR) is 69.2 cm³/mol. The highest BCUT2D eigenvalue weighted by Gasteiger charge is 2.10. The second kappa shape index (κ2) is 5.04. The molecule has 0 aliphatic rings. The Morgan fingerprint density at radius 1 is 1.22 bits per heavy atom. The second-order valence-electron chi connectivity index (χ2n) is 4.06. The number of carbonyl (C=O) groups excluding carboxylic acids is 1. The van der Waals surface area contributed by atoms with Crippen molar-refractivity contribution in [2.24, 2.45) is 0 Å². The van der Waals surface area contributed by atoms with Gasteiger partial charge in [0, 0.05) is 18.0 Å². The molecule has 0 unspecified atom stereocenters. The van der Waals surface area contributed by atoms with Crippen LogP contribution >= 0.6 is 0 Å². The van der Waals surface area contributed by atoms with Gasteiger partial charge in [-0.1, -0.05) is 0 Å². The number of hydrogen-bond acceptors (Lipinski definition) is 4. The van der Waals surface area contributed by atoms with Crippen LogP contribution < -0.4 is 9.47 Å². The molecule has 0 amide bonds. The Labute approximate surface area is 106 Å². The van der Waals surface area contributed by atoms with Crippen LogP contribution in [0.15, 0.2) is 24.4 Å². The summed E-state index contributed by atoms with van der Waals surface area (Å²) in [5.41, 5.74) is 0.765. The number of carbonyl (C=O) groups is 1. The van der Waals surface area contributed by atoms with Gasteiger partial charge in [0.05, 0.1) is 19.9 Å². The molecule has 2 aromatic rings. The Morgan fingerprint density at radius 3 is 2.50 bits per heavy atom. The molecule has 4 heteroatoms. The first-order valence-corrected chi connectivity index (χ1v) is 5.64. The summed E-state index contributed by atoms with van der Waals surface area (Å²) in [5, 5.41) is 1.91. The molecule has 0 saturated heterocycles. The van der Waals surface area contributed by atoms with Crippen molar-refractivity contribution in [2.45, 2.75) is 13.3 Å². The molecule has 0 saturated carbocycles. The molecule has 1 heterocycles. The molecule has 1 aromatic heterocycles. The molecule has 4 nitrogen and oxygen atoms in total. The maximum Gasteiger partial charge on any atom is 0.161 e. The topological polar surface area (TPSA) is 48.4 Å². The summed E-state index contributed by atoms with van der Waals surface area (Å²) < 4.78 is 10.5. The average molecular weight is 245 g/mol. The normalized spacial score (nSPS) is 10.4. The SMILES string of the molecule is COc1cc2ccnc(CC(C)=O)c2cc1OC. The number of benzene rings is 1. The summed E-state index contributed by atoms with van der Waals surface area (Å²) in [6.07, 6.45) is 2.03. The third kappa shape index (κ3) is 2.27. The molecule has 1 aromatic carbocycles. The summed E-state index contributed by atoms with van der Waals surface area (Å²) in [6.45, 7) is 1.56. The molecule has 0 N–H and O–H groups in total. The molecule has 0 fully saturated rings. The minimum atomic E-state index is 0.0878. The van der Waals surface area contributed by atoms with Crippen molar-refractivity contribution in [2.75, 3.05) is 14.2 Å². The van der Waals surface area contributed by atoms with E-state index in [1.165, 1.54) is 0 Å². The number of hydrogen-bond donors (Lipinski definition) is 0. The largest absolute Gasteiger partial charge is 0.493 e. The van der Waals surface area contributed by atoms with E-state index in [2.05, 4.69) is 4.98 Å². The summed E-state index contributed by atoms with van der Waals surface area (Å²) in [4.78, 5) is 15.5. The summed E-state index contributed by atoms with van der Waals surface area (Å²) in [5.74, 6) is 1.40. The first kappa shape index (κ1) is 12.4. The molecule has 0 aliphatic carbocycles. The van der Waals surface area contributed by atoms with Gasteiger partial charge in [-0.15, -0.1) is 0 Å². The van der Waals surface area contributed by atoms with E-state index in [1.54, 1.807) is 27.3 Å². The maximum absolute atomic E-state index is 11.2. The Hall–Kier alpha value is -2.10. The van der Waals surface area contributed by atoms with Crippen molar-refractivity contribution in [3.8, 4) is 11.5 Å². The third-order valence-corrected chi connectivity index (χ3v) is 2.77. The van der Waals surface area contributed by atoms with Gasteiger partial charge >= 0.3 is 0 Å². The number of fused-ring (bicyclic) bond motifs is 1. The summed E-state index contributed by atoms with van der Waals surface area (Å²) in [7, 11) is 3.19. The van der Waals surface area contributed by atoms with Gasteiger partial charge in [-0.05, 0) is 30.5 Å². The molecule has 0 bridgehead atoms. The van der Waals surface area contributed by atoms with Gasteiger partial charge < -0.3 is 9.47 Å². The molecular weight excluding hydrogens is 230 g/mol. The zero-order chi connectivity index (χ0) is 13.1. The second-order valence-corrected chi connectivity index (χ2v) is 4.06. The van der Waals surface area contributed by atoms with Crippen molar-refractivity contribution in [3.63, 3.8) is 0 Å². The van der Waals surface area contributed by atoms with Gasteiger partial charge in [0.15, 0.2) is 11.5 Å². The zero-order valence-corrected chi connectivity index (χ0v) is 10.7. The van der Waals surface area contributed by atoms with E-state index in [4.69, 9.17) is 9.47 Å². The Kier molecular flexibility index (Phi) is 3.46.